The molecule has 0 saturated heterocycles. The quantitative estimate of drug-likeness (QED) is 0.0346. The molecule has 0 radical (unpaired) electrons. The molecule has 15 heteroatoms. The van der Waals surface area contributed by atoms with Crippen LogP contribution in [0.15, 0.2) is 0 Å². The molecular formula is C36H75IO13Si. The summed E-state index contributed by atoms with van der Waals surface area (Å²) in [5.74, 6) is 0. The summed E-state index contributed by atoms with van der Waals surface area (Å²) >= 11 is 2.42. The smallest absolute Gasteiger partial charge is 0.192 e. The van der Waals surface area contributed by atoms with Crippen molar-refractivity contribution in [3.63, 3.8) is 0 Å². The minimum atomic E-state index is -1.70. The third-order valence-corrected chi connectivity index (χ3v) is 13.1. The lowest BCUT2D eigenvalue weighted by Crippen LogP contribution is -2.41. The fourth-order valence-corrected chi connectivity index (χ4v) is 5.31. The van der Waals surface area contributed by atoms with Crippen LogP contribution in [0.5, 0.6) is 0 Å². The maximum absolute atomic E-state index is 6.08. The van der Waals surface area contributed by atoms with Crippen LogP contribution in [-0.2, 0) is 61.3 Å². The summed E-state index contributed by atoms with van der Waals surface area (Å²) in [5, 5.41) is 0.217. The lowest BCUT2D eigenvalue weighted by molar-refractivity contribution is -0.0285. The molecule has 0 aromatic carbocycles. The van der Waals surface area contributed by atoms with E-state index in [1.807, 2.05) is 0 Å². The SMILES string of the molecule is CC(C)(C)[Si](C)(C)OCCOCCOCCOCCOCCOCCOCCOCCOCCOCCOCCOCCOCCCCCCI. The van der Waals surface area contributed by atoms with E-state index in [0.717, 1.165) is 13.0 Å². The predicted molar refractivity (Wildman–Crippen MR) is 210 cm³/mol. The average molecular weight is 871 g/mol. The van der Waals surface area contributed by atoms with Crippen molar-refractivity contribution in [3.05, 3.63) is 0 Å². The number of hydrogen-bond acceptors (Lipinski definition) is 13. The number of rotatable bonds is 43. The Balaban J connectivity index is 3.11. The Labute approximate surface area is 325 Å². The van der Waals surface area contributed by atoms with Crippen LogP contribution in [0.4, 0.5) is 0 Å². The second-order valence-electron chi connectivity index (χ2n) is 13.1. The molecule has 0 spiro atoms. The highest BCUT2D eigenvalue weighted by atomic mass is 127. The maximum atomic E-state index is 6.08. The van der Waals surface area contributed by atoms with Gasteiger partial charge in [0.05, 0.1) is 159 Å². The summed E-state index contributed by atoms with van der Waals surface area (Å²) in [5.41, 5.74) is 0. The molecule has 0 atom stereocenters. The molecular weight excluding hydrogens is 795 g/mol. The van der Waals surface area contributed by atoms with E-state index >= 15 is 0 Å². The Morgan fingerprint density at radius 2 is 0.529 bits per heavy atom. The summed E-state index contributed by atoms with van der Waals surface area (Å²) in [4.78, 5) is 0. The van der Waals surface area contributed by atoms with Crippen LogP contribution in [0.2, 0.25) is 18.1 Å². The summed E-state index contributed by atoms with van der Waals surface area (Å²) in [6, 6.07) is 0. The first-order valence-electron chi connectivity index (χ1n) is 18.9. The van der Waals surface area contributed by atoms with Crippen molar-refractivity contribution >= 4 is 30.9 Å². The van der Waals surface area contributed by atoms with E-state index in [-0.39, 0.29) is 5.04 Å². The molecule has 0 aliphatic heterocycles. The maximum Gasteiger partial charge on any atom is 0.192 e. The van der Waals surface area contributed by atoms with Gasteiger partial charge in [0.1, 0.15) is 0 Å². The summed E-state index contributed by atoms with van der Waals surface area (Å²) in [6.07, 6.45) is 4.98. The fraction of sp³-hybridized carbons (Fsp3) is 1.00. The zero-order chi connectivity index (χ0) is 37.4. The Bertz CT molecular complexity index is 678. The van der Waals surface area contributed by atoms with Crippen LogP contribution in [0.25, 0.3) is 0 Å². The van der Waals surface area contributed by atoms with Crippen LogP contribution in [0.3, 0.4) is 0 Å². The van der Waals surface area contributed by atoms with Gasteiger partial charge in [0, 0.05) is 6.61 Å². The molecule has 0 saturated carbocycles. The van der Waals surface area contributed by atoms with Crippen LogP contribution >= 0.6 is 22.6 Å². The predicted octanol–water partition coefficient (Wildman–Crippen LogP) is 5.20. The van der Waals surface area contributed by atoms with E-state index in [2.05, 4.69) is 56.5 Å². The fourth-order valence-electron chi connectivity index (χ4n) is 3.75. The number of hydrogen-bond donors (Lipinski definition) is 0. The third kappa shape index (κ3) is 39.9. The lowest BCUT2D eigenvalue weighted by Gasteiger charge is -2.36. The highest BCUT2D eigenvalue weighted by Crippen LogP contribution is 2.36. The van der Waals surface area contributed by atoms with E-state index in [1.165, 1.54) is 23.7 Å². The van der Waals surface area contributed by atoms with Crippen molar-refractivity contribution < 1.29 is 61.3 Å². The highest BCUT2D eigenvalue weighted by molar-refractivity contribution is 14.1. The van der Waals surface area contributed by atoms with Gasteiger partial charge in [-0.2, -0.15) is 0 Å². The van der Waals surface area contributed by atoms with Crippen LogP contribution in [0, 0.1) is 0 Å². The van der Waals surface area contributed by atoms with Crippen molar-refractivity contribution in [1.82, 2.24) is 0 Å². The minimum Gasteiger partial charge on any atom is -0.414 e. The van der Waals surface area contributed by atoms with E-state index in [4.69, 9.17) is 61.3 Å². The van der Waals surface area contributed by atoms with E-state index in [0.29, 0.717) is 159 Å². The minimum absolute atomic E-state index is 0.217. The van der Waals surface area contributed by atoms with Gasteiger partial charge in [0.2, 0.25) is 0 Å². The number of halogens is 1. The largest absolute Gasteiger partial charge is 0.414 e. The normalized spacial score (nSPS) is 12.4. The van der Waals surface area contributed by atoms with Gasteiger partial charge in [-0.15, -0.1) is 0 Å². The summed E-state index contributed by atoms with van der Waals surface area (Å²) in [6.45, 7) is 25.1. The molecule has 51 heavy (non-hydrogen) atoms. The molecule has 0 aromatic heterocycles. The first kappa shape index (κ1) is 51.4. The Hall–Kier alpha value is 0.427. The van der Waals surface area contributed by atoms with Crippen LogP contribution in [0.1, 0.15) is 46.5 Å². The zero-order valence-electron chi connectivity index (χ0n) is 32.9. The van der Waals surface area contributed by atoms with Gasteiger partial charge >= 0.3 is 0 Å². The molecule has 0 rings (SSSR count). The second kappa shape index (κ2) is 40.1. The second-order valence-corrected chi connectivity index (χ2v) is 18.9. The number of alkyl halides is 1. The Morgan fingerprint density at radius 1 is 0.314 bits per heavy atom. The lowest BCUT2D eigenvalue weighted by atomic mass is 10.2. The molecule has 0 aliphatic rings. The van der Waals surface area contributed by atoms with Crippen LogP contribution < -0.4 is 0 Å². The molecule has 0 aliphatic carbocycles. The first-order valence-corrected chi connectivity index (χ1v) is 23.4. The monoisotopic (exact) mass is 870 g/mol. The molecule has 0 fully saturated rings. The van der Waals surface area contributed by atoms with Gasteiger partial charge in [0.25, 0.3) is 0 Å². The molecule has 13 nitrogen and oxygen atoms in total. The molecule has 0 heterocycles. The van der Waals surface area contributed by atoms with E-state index < -0.39 is 8.32 Å². The summed E-state index contributed by atoms with van der Waals surface area (Å²) < 4.78 is 73.5. The van der Waals surface area contributed by atoms with Crippen molar-refractivity contribution in [2.45, 2.75) is 64.6 Å². The first-order chi connectivity index (χ1) is 24.8. The van der Waals surface area contributed by atoms with Crippen molar-refractivity contribution in [2.24, 2.45) is 0 Å². The highest BCUT2D eigenvalue weighted by Gasteiger charge is 2.36. The van der Waals surface area contributed by atoms with Gasteiger partial charge in [-0.3, -0.25) is 0 Å². The van der Waals surface area contributed by atoms with Gasteiger partial charge in [-0.05, 0) is 35.4 Å². The summed E-state index contributed by atoms with van der Waals surface area (Å²) in [7, 11) is -1.70. The molecule has 0 amide bonds. The Morgan fingerprint density at radius 3 is 0.765 bits per heavy atom. The van der Waals surface area contributed by atoms with Gasteiger partial charge in [0.15, 0.2) is 8.32 Å². The number of unbranched alkanes of at least 4 members (excludes halogenated alkanes) is 3. The number of ether oxygens (including phenoxy) is 12. The van der Waals surface area contributed by atoms with Gasteiger partial charge < -0.3 is 61.3 Å². The van der Waals surface area contributed by atoms with Crippen molar-refractivity contribution in [1.29, 1.82) is 0 Å². The van der Waals surface area contributed by atoms with Gasteiger partial charge in [-0.1, -0.05) is 56.2 Å². The zero-order valence-corrected chi connectivity index (χ0v) is 36.1. The van der Waals surface area contributed by atoms with Crippen molar-refractivity contribution in [3.8, 4) is 0 Å². The van der Waals surface area contributed by atoms with Crippen LogP contribution in [-0.4, -0.2) is 178 Å². The molecule has 0 bridgehead atoms. The van der Waals surface area contributed by atoms with Gasteiger partial charge in [-0.25, -0.2) is 0 Å². The topological polar surface area (TPSA) is 120 Å². The van der Waals surface area contributed by atoms with E-state index in [9.17, 15) is 0 Å². The third-order valence-electron chi connectivity index (χ3n) is 7.76. The molecule has 0 unspecified atom stereocenters. The Kier molecular flexibility index (Phi) is 40.4. The standard InChI is InChI=1S/C36H75IO13Si/c1-36(2,3)51(4,5)50-35-34-49-33-32-48-31-30-47-29-28-46-27-26-45-25-24-44-23-22-43-21-20-42-19-18-41-17-16-40-15-14-39-13-12-38-11-9-7-6-8-10-37/h6-35H2,1-5H3. The molecule has 0 aromatic rings. The van der Waals surface area contributed by atoms with Crippen molar-refractivity contribution in [2.75, 3.05) is 170 Å². The average Bonchev–Trinajstić information content (AvgIpc) is 3.10. The van der Waals surface area contributed by atoms with E-state index in [1.54, 1.807) is 0 Å². The molecule has 308 valence electrons. The molecule has 0 N–H and O–H groups in total.